The van der Waals surface area contributed by atoms with Crippen molar-refractivity contribution < 1.29 is 4.79 Å². The molecule has 192 valence electrons. The fourth-order valence-electron chi connectivity index (χ4n) is 7.16. The highest BCUT2D eigenvalue weighted by atomic mass is 16.1. The van der Waals surface area contributed by atoms with Crippen LogP contribution in [0.1, 0.15) is 71.8 Å². The Labute approximate surface area is 221 Å². The second-order valence-electron chi connectivity index (χ2n) is 11.9. The van der Waals surface area contributed by atoms with Gasteiger partial charge in [-0.05, 0) is 84.8 Å². The van der Waals surface area contributed by atoms with Crippen molar-refractivity contribution >= 4 is 17.0 Å². The molecular weight excluding hydrogens is 456 g/mol. The van der Waals surface area contributed by atoms with Crippen molar-refractivity contribution in [2.75, 3.05) is 51.2 Å². The predicted octanol–water partition coefficient (Wildman–Crippen LogP) is 4.82. The first kappa shape index (κ1) is 24.4. The van der Waals surface area contributed by atoms with Crippen LogP contribution in [0.25, 0.3) is 5.57 Å². The van der Waals surface area contributed by atoms with E-state index in [0.717, 1.165) is 53.8 Å². The average Bonchev–Trinajstić information content (AvgIpc) is 3.32. The number of hydrogen-bond acceptors (Lipinski definition) is 5. The van der Waals surface area contributed by atoms with Crippen LogP contribution >= 0.6 is 0 Å². The summed E-state index contributed by atoms with van der Waals surface area (Å²) in [5.74, 6) is 0.155. The van der Waals surface area contributed by atoms with Gasteiger partial charge in [0.25, 0.3) is 0 Å². The Kier molecular flexibility index (Phi) is 6.01. The molecule has 5 nitrogen and oxygen atoms in total. The number of nitrogens with zero attached hydrogens (tertiary/aromatic N) is 4. The molecule has 0 aromatic heterocycles. The second-order valence-corrected chi connectivity index (χ2v) is 11.9. The molecule has 2 aliphatic carbocycles. The Bertz CT molecular complexity index is 1330. The maximum Gasteiger partial charge on any atom is 0.193 e. The summed E-state index contributed by atoms with van der Waals surface area (Å²) in [7, 11) is 2.22. The lowest BCUT2D eigenvalue weighted by Crippen LogP contribution is -2.52. The number of rotatable bonds is 3. The Morgan fingerprint density at radius 2 is 1.73 bits per heavy atom. The third-order valence-electron chi connectivity index (χ3n) is 9.53. The van der Waals surface area contributed by atoms with Gasteiger partial charge in [0.15, 0.2) is 5.78 Å². The van der Waals surface area contributed by atoms with Gasteiger partial charge in [-0.2, -0.15) is 5.26 Å². The number of Topliss-reactive ketones (excluding diaryl/α,β-unsaturated/α-hetero) is 1. The molecule has 5 heteroatoms. The molecule has 2 aromatic carbocycles. The van der Waals surface area contributed by atoms with E-state index in [1.807, 2.05) is 18.2 Å². The summed E-state index contributed by atoms with van der Waals surface area (Å²) < 4.78 is 0. The number of likely N-dealkylation sites (N-methyl/N-ethyl adjacent to an activating group) is 1. The summed E-state index contributed by atoms with van der Waals surface area (Å²) in [6, 6.07) is 13.3. The van der Waals surface area contributed by atoms with Crippen LogP contribution in [0.15, 0.2) is 35.9 Å². The van der Waals surface area contributed by atoms with E-state index in [2.05, 4.69) is 60.7 Å². The second kappa shape index (κ2) is 9.11. The first-order valence-electron chi connectivity index (χ1n) is 14.0. The van der Waals surface area contributed by atoms with E-state index in [4.69, 9.17) is 0 Å². The zero-order valence-electron chi connectivity index (χ0n) is 22.7. The highest BCUT2D eigenvalue weighted by Gasteiger charge is 2.43. The van der Waals surface area contributed by atoms with E-state index >= 15 is 0 Å². The van der Waals surface area contributed by atoms with Crippen LogP contribution in [-0.2, 0) is 18.3 Å². The summed E-state index contributed by atoms with van der Waals surface area (Å²) in [4.78, 5) is 21.7. The minimum atomic E-state index is -0.233. The topological polar surface area (TPSA) is 50.6 Å². The number of carbonyl (C=O) groups excluding carboxylic acids is 1. The lowest BCUT2D eigenvalue weighted by molar-refractivity contribution is 0.0982. The number of benzene rings is 2. The molecule has 4 aliphatic rings. The minimum absolute atomic E-state index is 0.155. The van der Waals surface area contributed by atoms with E-state index in [0.29, 0.717) is 11.6 Å². The van der Waals surface area contributed by atoms with Gasteiger partial charge in [0, 0.05) is 67.5 Å². The van der Waals surface area contributed by atoms with Crippen molar-refractivity contribution in [2.45, 2.75) is 57.9 Å². The van der Waals surface area contributed by atoms with Gasteiger partial charge >= 0.3 is 0 Å². The predicted molar refractivity (Wildman–Crippen MR) is 149 cm³/mol. The largest absolute Gasteiger partial charge is 0.371 e. The zero-order chi connectivity index (χ0) is 25.9. The van der Waals surface area contributed by atoms with Gasteiger partial charge < -0.3 is 9.80 Å². The van der Waals surface area contributed by atoms with Crippen LogP contribution in [0.3, 0.4) is 0 Å². The SMILES string of the molecule is CCc1cc2c(cc1N1CCC(N3CCN(C)CC3)CC1)C(C)(C)C1=C(C2=O)c2ccc(C#N)cc2C1. The maximum atomic E-state index is 14.0. The minimum Gasteiger partial charge on any atom is -0.371 e. The van der Waals surface area contributed by atoms with Gasteiger partial charge in [0.05, 0.1) is 11.6 Å². The molecule has 2 aliphatic heterocycles. The van der Waals surface area contributed by atoms with Crippen LogP contribution < -0.4 is 4.90 Å². The van der Waals surface area contributed by atoms with Gasteiger partial charge in [-0.15, -0.1) is 0 Å². The first-order valence-corrected chi connectivity index (χ1v) is 14.0. The van der Waals surface area contributed by atoms with E-state index in [9.17, 15) is 10.1 Å². The van der Waals surface area contributed by atoms with Crippen LogP contribution in [0.4, 0.5) is 5.69 Å². The molecular formula is C32H38N4O. The molecule has 2 aromatic rings. The molecule has 0 unspecified atom stereocenters. The van der Waals surface area contributed by atoms with Gasteiger partial charge in [0.1, 0.15) is 0 Å². The number of ketones is 1. The molecule has 37 heavy (non-hydrogen) atoms. The van der Waals surface area contributed by atoms with Crippen molar-refractivity contribution in [3.63, 3.8) is 0 Å². The van der Waals surface area contributed by atoms with E-state index in [1.165, 1.54) is 55.8 Å². The standard InChI is InChI=1S/C32H38N4O/c1-5-22-17-26-27(19-29(22)36-10-8-24(9-11-36)35-14-12-34(4)13-15-35)32(2,3)28-18-23-16-21(20-33)6-7-25(23)30(28)31(26)37/h6-7,16-17,19,24H,5,8-15,18H2,1-4H3. The van der Waals surface area contributed by atoms with Crippen LogP contribution in [-0.4, -0.2) is 67.9 Å². The molecule has 0 bridgehead atoms. The number of anilines is 1. The van der Waals surface area contributed by atoms with Crippen LogP contribution in [0, 0.1) is 11.3 Å². The summed E-state index contributed by atoms with van der Waals surface area (Å²) >= 11 is 0. The van der Waals surface area contributed by atoms with Gasteiger partial charge in [0.2, 0.25) is 0 Å². The summed E-state index contributed by atoms with van der Waals surface area (Å²) in [5.41, 5.74) is 9.28. The number of piperazine rings is 1. The lowest BCUT2D eigenvalue weighted by Gasteiger charge is -2.43. The number of allylic oxidation sites excluding steroid dienone is 2. The molecule has 6 rings (SSSR count). The summed E-state index contributed by atoms with van der Waals surface area (Å²) in [5, 5.41) is 9.40. The molecule has 0 saturated carbocycles. The van der Waals surface area contributed by atoms with Gasteiger partial charge in [-0.3, -0.25) is 9.69 Å². The zero-order valence-corrected chi connectivity index (χ0v) is 22.7. The Hall–Kier alpha value is -2.94. The molecule has 0 N–H and O–H groups in total. The monoisotopic (exact) mass is 494 g/mol. The third kappa shape index (κ3) is 3.93. The average molecular weight is 495 g/mol. The Morgan fingerprint density at radius 1 is 1.00 bits per heavy atom. The van der Waals surface area contributed by atoms with Crippen molar-refractivity contribution in [1.29, 1.82) is 5.26 Å². The van der Waals surface area contributed by atoms with E-state index in [1.54, 1.807) is 0 Å². The first-order chi connectivity index (χ1) is 17.8. The molecule has 2 fully saturated rings. The summed E-state index contributed by atoms with van der Waals surface area (Å²) in [6.07, 6.45) is 4.08. The number of carbonyl (C=O) groups is 1. The number of hydrogen-bond donors (Lipinski definition) is 0. The fraction of sp³-hybridized carbons (Fsp3) is 0.500. The quantitative estimate of drug-likeness (QED) is 0.612. The number of fused-ring (bicyclic) bond motifs is 3. The van der Waals surface area contributed by atoms with E-state index < -0.39 is 0 Å². The number of aryl methyl sites for hydroxylation is 1. The smallest absolute Gasteiger partial charge is 0.193 e. The Balaban J connectivity index is 1.30. The highest BCUT2D eigenvalue weighted by Crippen LogP contribution is 2.51. The molecule has 2 saturated heterocycles. The molecule has 0 amide bonds. The molecule has 0 spiro atoms. The van der Waals surface area contributed by atoms with Gasteiger partial charge in [-0.1, -0.05) is 26.8 Å². The van der Waals surface area contributed by atoms with Crippen molar-refractivity contribution in [2.24, 2.45) is 0 Å². The maximum absolute atomic E-state index is 14.0. The van der Waals surface area contributed by atoms with Gasteiger partial charge in [-0.25, -0.2) is 0 Å². The molecule has 0 radical (unpaired) electrons. The normalized spacial score (nSPS) is 22.0. The third-order valence-corrected chi connectivity index (χ3v) is 9.53. The lowest BCUT2D eigenvalue weighted by atomic mass is 9.68. The van der Waals surface area contributed by atoms with Crippen molar-refractivity contribution in [1.82, 2.24) is 9.80 Å². The van der Waals surface area contributed by atoms with E-state index in [-0.39, 0.29) is 11.2 Å². The number of piperidine rings is 1. The van der Waals surface area contributed by atoms with Crippen molar-refractivity contribution in [3.8, 4) is 6.07 Å². The highest BCUT2D eigenvalue weighted by molar-refractivity contribution is 6.33. The summed E-state index contributed by atoms with van der Waals surface area (Å²) in [6.45, 7) is 13.6. The number of nitriles is 1. The fourth-order valence-corrected chi connectivity index (χ4v) is 7.16. The van der Waals surface area contributed by atoms with Crippen LogP contribution in [0.2, 0.25) is 0 Å². The van der Waals surface area contributed by atoms with Crippen molar-refractivity contribution in [3.05, 3.63) is 69.3 Å². The molecule has 0 atom stereocenters. The Morgan fingerprint density at radius 3 is 2.41 bits per heavy atom. The molecule has 2 heterocycles. The van der Waals surface area contributed by atoms with Crippen LogP contribution in [0.5, 0.6) is 0 Å².